The normalized spacial score (nSPS) is 11.8. The second-order valence-electron chi connectivity index (χ2n) is 4.71. The highest BCUT2D eigenvalue weighted by Gasteiger charge is 2.23. The summed E-state index contributed by atoms with van der Waals surface area (Å²) in [5.41, 5.74) is 3.02. The predicted octanol–water partition coefficient (Wildman–Crippen LogP) is 2.90. The highest BCUT2D eigenvalue weighted by atomic mass is 35.7. The Balaban J connectivity index is 2.66. The van der Waals surface area contributed by atoms with Crippen LogP contribution in [0.3, 0.4) is 0 Å². The third-order valence-electron chi connectivity index (χ3n) is 3.00. The van der Waals surface area contributed by atoms with Crippen LogP contribution in [0.15, 0.2) is 23.4 Å². The van der Waals surface area contributed by atoms with Gasteiger partial charge in [-0.05, 0) is 25.8 Å². The zero-order valence-corrected chi connectivity index (χ0v) is 13.2. The van der Waals surface area contributed by atoms with Gasteiger partial charge in [0.25, 0.3) is 14.2 Å². The number of aromatic nitrogens is 3. The van der Waals surface area contributed by atoms with Gasteiger partial charge >= 0.3 is 0 Å². The van der Waals surface area contributed by atoms with Crippen molar-refractivity contribution in [3.8, 4) is 11.4 Å². The summed E-state index contributed by atoms with van der Waals surface area (Å²) in [5, 5.41) is 7.55. The molecule has 0 unspecified atom stereocenters. The Labute approximate surface area is 123 Å². The van der Waals surface area contributed by atoms with Crippen LogP contribution < -0.4 is 0 Å². The van der Waals surface area contributed by atoms with Crippen molar-refractivity contribution in [3.63, 3.8) is 0 Å². The maximum atomic E-state index is 11.6. The van der Waals surface area contributed by atoms with Crippen molar-refractivity contribution in [1.29, 1.82) is 0 Å². The first-order valence-corrected chi connectivity index (χ1v) is 8.61. The molecule has 1 aromatic heterocycles. The third-order valence-corrected chi connectivity index (χ3v) is 4.16. The lowest BCUT2D eigenvalue weighted by Gasteiger charge is -2.10. The van der Waals surface area contributed by atoms with Gasteiger partial charge in [0.05, 0.1) is 0 Å². The number of hydrogen-bond donors (Lipinski definition) is 0. The first kappa shape index (κ1) is 15.0. The second-order valence-corrected chi connectivity index (χ2v) is 7.17. The monoisotopic (exact) mass is 313 g/mol. The molecule has 0 aliphatic heterocycles. The molecule has 0 bridgehead atoms. The van der Waals surface area contributed by atoms with Crippen LogP contribution >= 0.6 is 10.7 Å². The fourth-order valence-corrected chi connectivity index (χ4v) is 3.08. The summed E-state index contributed by atoms with van der Waals surface area (Å²) in [7, 11) is 1.51. The van der Waals surface area contributed by atoms with Gasteiger partial charge in [-0.25, -0.2) is 8.42 Å². The molecule has 7 heteroatoms. The standard InChI is InChI=1S/C13H16ClN3O2S/c1-4-7-17-12(15-16-13(17)20(14,18)19)11-6-5-9(2)8-10(11)3/h5-6,8H,4,7H2,1-3H3. The van der Waals surface area contributed by atoms with E-state index in [4.69, 9.17) is 10.7 Å². The maximum absolute atomic E-state index is 11.6. The lowest BCUT2D eigenvalue weighted by Crippen LogP contribution is -2.08. The van der Waals surface area contributed by atoms with Gasteiger partial charge in [-0.1, -0.05) is 30.7 Å². The fourth-order valence-electron chi connectivity index (χ4n) is 2.16. The first-order valence-electron chi connectivity index (χ1n) is 6.30. The molecular weight excluding hydrogens is 298 g/mol. The molecule has 2 rings (SSSR count). The predicted molar refractivity (Wildman–Crippen MR) is 78.3 cm³/mol. The molecule has 0 spiro atoms. The van der Waals surface area contributed by atoms with Crippen molar-refractivity contribution < 1.29 is 8.42 Å². The van der Waals surface area contributed by atoms with Crippen molar-refractivity contribution in [3.05, 3.63) is 29.3 Å². The van der Waals surface area contributed by atoms with Crippen molar-refractivity contribution in [1.82, 2.24) is 14.8 Å². The molecule has 0 fully saturated rings. The van der Waals surface area contributed by atoms with E-state index in [-0.39, 0.29) is 5.16 Å². The van der Waals surface area contributed by atoms with Crippen LogP contribution in [-0.4, -0.2) is 23.2 Å². The molecule has 0 atom stereocenters. The molecule has 1 heterocycles. The summed E-state index contributed by atoms with van der Waals surface area (Å²) >= 11 is 0. The molecule has 0 N–H and O–H groups in total. The number of hydrogen-bond acceptors (Lipinski definition) is 4. The number of benzene rings is 1. The van der Waals surface area contributed by atoms with Crippen LogP contribution in [0.2, 0.25) is 0 Å². The third kappa shape index (κ3) is 2.86. The van der Waals surface area contributed by atoms with Gasteiger partial charge in [0, 0.05) is 22.8 Å². The summed E-state index contributed by atoms with van der Waals surface area (Å²) in [5.74, 6) is 0.531. The van der Waals surface area contributed by atoms with E-state index >= 15 is 0 Å². The summed E-state index contributed by atoms with van der Waals surface area (Å²) in [6.07, 6.45) is 0.759. The smallest absolute Gasteiger partial charge is 0.296 e. The highest BCUT2D eigenvalue weighted by molar-refractivity contribution is 8.13. The van der Waals surface area contributed by atoms with Crippen LogP contribution in [0, 0.1) is 13.8 Å². The molecule has 0 aliphatic carbocycles. The number of halogens is 1. The molecule has 108 valence electrons. The van der Waals surface area contributed by atoms with E-state index in [1.807, 2.05) is 39.0 Å². The maximum Gasteiger partial charge on any atom is 0.296 e. The Morgan fingerprint density at radius 2 is 1.95 bits per heavy atom. The van der Waals surface area contributed by atoms with Gasteiger partial charge in [-0.15, -0.1) is 10.2 Å². The van der Waals surface area contributed by atoms with Crippen molar-refractivity contribution in [2.75, 3.05) is 0 Å². The van der Waals surface area contributed by atoms with Gasteiger partial charge in [-0.3, -0.25) is 4.57 Å². The topological polar surface area (TPSA) is 64.8 Å². The zero-order chi connectivity index (χ0) is 14.9. The molecule has 20 heavy (non-hydrogen) atoms. The van der Waals surface area contributed by atoms with Crippen LogP contribution in [-0.2, 0) is 15.6 Å². The minimum Gasteiger partial charge on any atom is -0.297 e. The van der Waals surface area contributed by atoms with Crippen molar-refractivity contribution in [2.24, 2.45) is 0 Å². The Hall–Kier alpha value is -1.40. The van der Waals surface area contributed by atoms with Crippen LogP contribution in [0.5, 0.6) is 0 Å². The van der Waals surface area contributed by atoms with Gasteiger partial charge in [0.1, 0.15) is 0 Å². The Morgan fingerprint density at radius 3 is 2.50 bits per heavy atom. The summed E-state index contributed by atoms with van der Waals surface area (Å²) < 4.78 is 24.7. The quantitative estimate of drug-likeness (QED) is 0.814. The number of nitrogens with zero attached hydrogens (tertiary/aromatic N) is 3. The molecular formula is C13H16ClN3O2S. The summed E-state index contributed by atoms with van der Waals surface area (Å²) in [4.78, 5) is 0. The molecule has 0 radical (unpaired) electrons. The van der Waals surface area contributed by atoms with Crippen LogP contribution in [0.25, 0.3) is 11.4 Å². The van der Waals surface area contributed by atoms with Crippen LogP contribution in [0.4, 0.5) is 0 Å². The Bertz CT molecular complexity index is 738. The number of aryl methyl sites for hydroxylation is 2. The fraction of sp³-hybridized carbons (Fsp3) is 0.385. The Morgan fingerprint density at radius 1 is 1.25 bits per heavy atom. The van der Waals surface area contributed by atoms with Crippen molar-refractivity contribution in [2.45, 2.75) is 38.9 Å². The second kappa shape index (κ2) is 5.54. The SMILES string of the molecule is CCCn1c(-c2ccc(C)cc2C)nnc1S(=O)(=O)Cl. The van der Waals surface area contributed by atoms with Gasteiger partial charge in [0.2, 0.25) is 0 Å². The van der Waals surface area contributed by atoms with E-state index in [9.17, 15) is 8.42 Å². The van der Waals surface area contributed by atoms with E-state index in [0.29, 0.717) is 12.4 Å². The average molecular weight is 314 g/mol. The zero-order valence-electron chi connectivity index (χ0n) is 11.6. The van der Waals surface area contributed by atoms with Gasteiger partial charge in [-0.2, -0.15) is 0 Å². The van der Waals surface area contributed by atoms with E-state index < -0.39 is 9.05 Å². The molecule has 0 saturated heterocycles. The highest BCUT2D eigenvalue weighted by Crippen LogP contribution is 2.26. The largest absolute Gasteiger partial charge is 0.297 e. The summed E-state index contributed by atoms with van der Waals surface area (Å²) in [6, 6.07) is 5.91. The lowest BCUT2D eigenvalue weighted by molar-refractivity contribution is 0.570. The van der Waals surface area contributed by atoms with E-state index in [1.54, 1.807) is 4.57 Å². The average Bonchev–Trinajstić information content (AvgIpc) is 2.73. The minimum atomic E-state index is -3.90. The van der Waals surface area contributed by atoms with E-state index in [0.717, 1.165) is 23.1 Å². The van der Waals surface area contributed by atoms with E-state index in [1.165, 1.54) is 0 Å². The molecule has 2 aromatic rings. The Kier molecular flexibility index (Phi) is 4.15. The molecule has 5 nitrogen and oxygen atoms in total. The molecule has 0 aliphatic rings. The van der Waals surface area contributed by atoms with Gasteiger partial charge in [0.15, 0.2) is 5.82 Å². The van der Waals surface area contributed by atoms with Crippen LogP contribution in [0.1, 0.15) is 24.5 Å². The lowest BCUT2D eigenvalue weighted by atomic mass is 10.1. The summed E-state index contributed by atoms with van der Waals surface area (Å²) in [6.45, 7) is 6.41. The molecule has 1 aromatic carbocycles. The van der Waals surface area contributed by atoms with Crippen molar-refractivity contribution >= 4 is 19.7 Å². The van der Waals surface area contributed by atoms with E-state index in [2.05, 4.69) is 10.2 Å². The minimum absolute atomic E-state index is 0.198. The number of rotatable bonds is 4. The first-order chi connectivity index (χ1) is 9.34. The molecule has 0 amide bonds. The van der Waals surface area contributed by atoms with Gasteiger partial charge < -0.3 is 0 Å². The molecule has 0 saturated carbocycles.